The largest absolute Gasteiger partial charge is 0.459 e. The predicted octanol–water partition coefficient (Wildman–Crippen LogP) is 3.40. The summed E-state index contributed by atoms with van der Waals surface area (Å²) in [6.07, 6.45) is 12.9. The first-order chi connectivity index (χ1) is 11.2. The molecular formula is C19H27N3O. The molecule has 1 fully saturated rings. The fourth-order valence-corrected chi connectivity index (χ4v) is 3.67. The van der Waals surface area contributed by atoms with Crippen LogP contribution in [-0.4, -0.2) is 40.6 Å². The molecule has 0 amide bonds. The Morgan fingerprint density at radius 1 is 1.35 bits per heavy atom. The lowest BCUT2D eigenvalue weighted by Crippen LogP contribution is -2.35. The molecule has 23 heavy (non-hydrogen) atoms. The summed E-state index contributed by atoms with van der Waals surface area (Å²) in [5.41, 5.74) is 0.940. The molecule has 0 unspecified atom stereocenters. The molecule has 3 atom stereocenters. The van der Waals surface area contributed by atoms with E-state index in [4.69, 9.17) is 4.74 Å². The zero-order chi connectivity index (χ0) is 16.1. The number of aromatic nitrogens is 2. The van der Waals surface area contributed by atoms with Crippen LogP contribution < -0.4 is 4.74 Å². The van der Waals surface area contributed by atoms with Crippen LogP contribution in [0, 0.1) is 18.8 Å². The van der Waals surface area contributed by atoms with Crippen molar-refractivity contribution in [3.63, 3.8) is 0 Å². The van der Waals surface area contributed by atoms with Gasteiger partial charge in [0.1, 0.15) is 6.10 Å². The summed E-state index contributed by atoms with van der Waals surface area (Å²) in [4.78, 5) is 11.2. The lowest BCUT2D eigenvalue weighted by molar-refractivity contribution is 0.126. The minimum atomic E-state index is 0.128. The van der Waals surface area contributed by atoms with Crippen molar-refractivity contribution in [1.29, 1.82) is 0 Å². The highest BCUT2D eigenvalue weighted by Gasteiger charge is 2.33. The molecule has 124 valence electrons. The van der Waals surface area contributed by atoms with Gasteiger partial charge < -0.3 is 4.74 Å². The van der Waals surface area contributed by atoms with E-state index >= 15 is 0 Å². The molecule has 4 heteroatoms. The third-order valence-corrected chi connectivity index (χ3v) is 4.90. The molecule has 4 nitrogen and oxygen atoms in total. The molecular weight excluding hydrogens is 286 g/mol. The smallest absolute Gasteiger partial charge is 0.316 e. The number of aryl methyl sites for hydroxylation is 1. The van der Waals surface area contributed by atoms with Crippen molar-refractivity contribution in [2.24, 2.45) is 11.8 Å². The standard InChI is InChI=1S/C19H27N3O/c1-3-4-9-18(23-19-20-11-10-15(2)21-19)14-22-12-16-7-5-6-8-17(16)13-22/h3,5-6,10-11,16-18H,1,4,7-9,12-14H2,2H3/t16-,17+,18-/m0/s1. The van der Waals surface area contributed by atoms with E-state index in [1.807, 2.05) is 19.1 Å². The Morgan fingerprint density at radius 3 is 2.74 bits per heavy atom. The molecule has 0 spiro atoms. The summed E-state index contributed by atoms with van der Waals surface area (Å²) < 4.78 is 6.09. The first kappa shape index (κ1) is 16.2. The third kappa shape index (κ3) is 4.41. The zero-order valence-corrected chi connectivity index (χ0v) is 14.0. The third-order valence-electron chi connectivity index (χ3n) is 4.90. The molecule has 0 aromatic carbocycles. The fourth-order valence-electron chi connectivity index (χ4n) is 3.67. The van der Waals surface area contributed by atoms with E-state index < -0.39 is 0 Å². The molecule has 0 N–H and O–H groups in total. The summed E-state index contributed by atoms with van der Waals surface area (Å²) in [6, 6.07) is 2.39. The van der Waals surface area contributed by atoms with Gasteiger partial charge in [0.25, 0.3) is 0 Å². The van der Waals surface area contributed by atoms with Crippen LogP contribution in [0.4, 0.5) is 0 Å². The number of ether oxygens (including phenoxy) is 1. The van der Waals surface area contributed by atoms with Gasteiger partial charge >= 0.3 is 6.01 Å². The second-order valence-corrected chi connectivity index (χ2v) is 6.77. The highest BCUT2D eigenvalue weighted by molar-refractivity contribution is 5.04. The highest BCUT2D eigenvalue weighted by atomic mass is 16.5. The SMILES string of the molecule is C=CCC[C@@H](CN1C[C@H]2CC=CC[C@H]2C1)Oc1nccc(C)n1. The summed E-state index contributed by atoms with van der Waals surface area (Å²) in [5.74, 6) is 1.66. The van der Waals surface area contributed by atoms with Crippen LogP contribution in [0.5, 0.6) is 6.01 Å². The fraction of sp³-hybridized carbons (Fsp3) is 0.579. The quantitative estimate of drug-likeness (QED) is 0.723. The predicted molar refractivity (Wildman–Crippen MR) is 92.4 cm³/mol. The van der Waals surface area contributed by atoms with Crippen LogP contribution in [0.2, 0.25) is 0 Å². The zero-order valence-electron chi connectivity index (χ0n) is 14.0. The Labute approximate surface area is 139 Å². The van der Waals surface area contributed by atoms with Crippen LogP contribution in [0.15, 0.2) is 37.1 Å². The van der Waals surface area contributed by atoms with Crippen molar-refractivity contribution in [2.75, 3.05) is 19.6 Å². The Hall–Kier alpha value is -1.68. The van der Waals surface area contributed by atoms with Crippen molar-refractivity contribution >= 4 is 0 Å². The number of nitrogens with zero attached hydrogens (tertiary/aromatic N) is 3. The number of rotatable bonds is 7. The van der Waals surface area contributed by atoms with E-state index in [9.17, 15) is 0 Å². The van der Waals surface area contributed by atoms with Gasteiger partial charge in [-0.3, -0.25) is 4.90 Å². The summed E-state index contributed by atoms with van der Waals surface area (Å²) in [6.45, 7) is 9.14. The first-order valence-electron chi connectivity index (χ1n) is 8.69. The van der Waals surface area contributed by atoms with Crippen molar-refractivity contribution in [3.05, 3.63) is 42.8 Å². The summed E-state index contributed by atoms with van der Waals surface area (Å²) in [7, 11) is 0. The molecule has 0 bridgehead atoms. The van der Waals surface area contributed by atoms with Gasteiger partial charge in [-0.15, -0.1) is 6.58 Å². The van der Waals surface area contributed by atoms with Crippen LogP contribution in [0.25, 0.3) is 0 Å². The highest BCUT2D eigenvalue weighted by Crippen LogP contribution is 2.33. The number of fused-ring (bicyclic) bond motifs is 1. The van der Waals surface area contributed by atoms with Gasteiger partial charge in [0.15, 0.2) is 0 Å². The number of allylic oxidation sites excluding steroid dienone is 3. The normalized spacial score (nSPS) is 25.1. The van der Waals surface area contributed by atoms with Crippen LogP contribution >= 0.6 is 0 Å². The average molecular weight is 313 g/mol. The van der Waals surface area contributed by atoms with E-state index in [1.165, 1.54) is 25.9 Å². The first-order valence-corrected chi connectivity index (χ1v) is 8.69. The molecule has 2 heterocycles. The Balaban J connectivity index is 1.59. The molecule has 1 aromatic heterocycles. The maximum absolute atomic E-state index is 6.09. The van der Waals surface area contributed by atoms with Crippen molar-refractivity contribution in [2.45, 2.75) is 38.7 Å². The molecule has 0 saturated carbocycles. The van der Waals surface area contributed by atoms with Gasteiger partial charge in [0, 0.05) is 31.5 Å². The average Bonchev–Trinajstić information content (AvgIpc) is 2.95. The van der Waals surface area contributed by atoms with Crippen molar-refractivity contribution < 1.29 is 4.74 Å². The van der Waals surface area contributed by atoms with Gasteiger partial charge in [-0.25, -0.2) is 9.97 Å². The van der Waals surface area contributed by atoms with Gasteiger partial charge in [-0.05, 0) is 50.5 Å². The van der Waals surface area contributed by atoms with E-state index in [1.54, 1.807) is 6.20 Å². The number of hydrogen-bond acceptors (Lipinski definition) is 4. The summed E-state index contributed by atoms with van der Waals surface area (Å²) in [5, 5.41) is 0. The van der Waals surface area contributed by atoms with E-state index in [-0.39, 0.29) is 6.10 Å². The molecule has 1 aliphatic carbocycles. The summed E-state index contributed by atoms with van der Waals surface area (Å²) >= 11 is 0. The Morgan fingerprint density at radius 2 is 2.09 bits per heavy atom. The van der Waals surface area contributed by atoms with Crippen LogP contribution in [-0.2, 0) is 0 Å². The second kappa shape index (κ2) is 7.73. The molecule has 3 rings (SSSR count). The number of likely N-dealkylation sites (tertiary alicyclic amines) is 1. The van der Waals surface area contributed by atoms with E-state index in [0.717, 1.165) is 36.9 Å². The van der Waals surface area contributed by atoms with E-state index in [2.05, 4.69) is 33.6 Å². The Bertz CT molecular complexity index is 541. The van der Waals surface area contributed by atoms with Gasteiger partial charge in [-0.1, -0.05) is 18.2 Å². The minimum absolute atomic E-state index is 0.128. The molecule has 1 aromatic rings. The van der Waals surface area contributed by atoms with Crippen LogP contribution in [0.1, 0.15) is 31.4 Å². The van der Waals surface area contributed by atoms with E-state index in [0.29, 0.717) is 6.01 Å². The molecule has 2 aliphatic rings. The number of hydrogen-bond donors (Lipinski definition) is 0. The van der Waals surface area contributed by atoms with Gasteiger partial charge in [-0.2, -0.15) is 0 Å². The second-order valence-electron chi connectivity index (χ2n) is 6.77. The molecule has 1 saturated heterocycles. The Kier molecular flexibility index (Phi) is 5.44. The lowest BCUT2D eigenvalue weighted by atomic mass is 9.86. The van der Waals surface area contributed by atoms with Gasteiger partial charge in [0.05, 0.1) is 0 Å². The minimum Gasteiger partial charge on any atom is -0.459 e. The lowest BCUT2D eigenvalue weighted by Gasteiger charge is -2.23. The van der Waals surface area contributed by atoms with Crippen LogP contribution in [0.3, 0.4) is 0 Å². The van der Waals surface area contributed by atoms with Crippen molar-refractivity contribution in [3.8, 4) is 6.01 Å². The van der Waals surface area contributed by atoms with Crippen molar-refractivity contribution in [1.82, 2.24) is 14.9 Å². The topological polar surface area (TPSA) is 38.2 Å². The molecule has 1 aliphatic heterocycles. The maximum atomic E-state index is 6.09. The maximum Gasteiger partial charge on any atom is 0.316 e. The van der Waals surface area contributed by atoms with Gasteiger partial charge in [0.2, 0.25) is 0 Å². The monoisotopic (exact) mass is 313 g/mol. The molecule has 0 radical (unpaired) electrons.